The van der Waals surface area contributed by atoms with E-state index in [2.05, 4.69) is 32.0 Å². The molecule has 1 aromatic carbocycles. The summed E-state index contributed by atoms with van der Waals surface area (Å²) in [6, 6.07) is 6.73. The molecule has 1 aromatic rings. The molecule has 0 saturated carbocycles. The number of hydrogen-bond donors (Lipinski definition) is 0. The number of benzene rings is 1. The molecule has 0 fully saturated rings. The van der Waals surface area contributed by atoms with E-state index in [1.54, 1.807) is 0 Å². The monoisotopic (exact) mass is 204 g/mol. The van der Waals surface area contributed by atoms with Crippen LogP contribution in [-0.2, 0) is 12.8 Å². The van der Waals surface area contributed by atoms with Crippen molar-refractivity contribution in [1.82, 2.24) is 0 Å². The van der Waals surface area contributed by atoms with E-state index >= 15 is 0 Å². The van der Waals surface area contributed by atoms with Gasteiger partial charge in [0.1, 0.15) is 5.75 Å². The van der Waals surface area contributed by atoms with E-state index in [4.69, 9.17) is 4.74 Å². The molecule has 0 unspecified atom stereocenters. The molecule has 1 heterocycles. The van der Waals surface area contributed by atoms with E-state index in [0.717, 1.165) is 18.3 Å². The Hall–Kier alpha value is -0.980. The van der Waals surface area contributed by atoms with Crippen molar-refractivity contribution in [2.75, 3.05) is 6.61 Å². The van der Waals surface area contributed by atoms with Gasteiger partial charge in [0, 0.05) is 0 Å². The van der Waals surface area contributed by atoms with Crippen molar-refractivity contribution in [3.63, 3.8) is 0 Å². The zero-order chi connectivity index (χ0) is 10.7. The molecule has 1 aliphatic heterocycles. The lowest BCUT2D eigenvalue weighted by atomic mass is 9.99. The summed E-state index contributed by atoms with van der Waals surface area (Å²) in [7, 11) is 0. The molecular formula is C14H20O. The van der Waals surface area contributed by atoms with Crippen LogP contribution < -0.4 is 4.74 Å². The molecule has 0 radical (unpaired) electrons. The predicted octanol–water partition coefficient (Wildman–Crippen LogP) is 3.60. The summed E-state index contributed by atoms with van der Waals surface area (Å²) < 4.78 is 5.67. The maximum atomic E-state index is 5.67. The number of rotatable bonds is 3. The maximum absolute atomic E-state index is 5.67. The van der Waals surface area contributed by atoms with Gasteiger partial charge >= 0.3 is 0 Å². The van der Waals surface area contributed by atoms with E-state index in [-0.39, 0.29) is 0 Å². The maximum Gasteiger partial charge on any atom is 0.122 e. The zero-order valence-corrected chi connectivity index (χ0v) is 9.75. The molecule has 0 saturated heterocycles. The Morgan fingerprint density at radius 2 is 2.20 bits per heavy atom. The van der Waals surface area contributed by atoms with Crippen molar-refractivity contribution in [3.8, 4) is 5.75 Å². The molecule has 1 heteroatoms. The molecular weight excluding hydrogens is 184 g/mol. The second-order valence-corrected chi connectivity index (χ2v) is 4.83. The highest BCUT2D eigenvalue weighted by Gasteiger charge is 2.10. The Morgan fingerprint density at radius 1 is 1.33 bits per heavy atom. The summed E-state index contributed by atoms with van der Waals surface area (Å²) >= 11 is 0. The van der Waals surface area contributed by atoms with Gasteiger partial charge in [0.2, 0.25) is 0 Å². The summed E-state index contributed by atoms with van der Waals surface area (Å²) in [4.78, 5) is 0. The Kier molecular flexibility index (Phi) is 3.30. The van der Waals surface area contributed by atoms with E-state index in [1.165, 1.54) is 36.8 Å². The van der Waals surface area contributed by atoms with Gasteiger partial charge in [0.25, 0.3) is 0 Å². The highest BCUT2D eigenvalue weighted by atomic mass is 16.5. The molecule has 0 aromatic heterocycles. The predicted molar refractivity (Wildman–Crippen MR) is 63.4 cm³/mol. The summed E-state index contributed by atoms with van der Waals surface area (Å²) in [5, 5.41) is 0. The van der Waals surface area contributed by atoms with Gasteiger partial charge in [-0.25, -0.2) is 0 Å². The molecule has 1 nitrogen and oxygen atoms in total. The summed E-state index contributed by atoms with van der Waals surface area (Å²) in [6.45, 7) is 5.43. The number of aryl methyl sites for hydroxylation is 2. The first kappa shape index (κ1) is 10.5. The fourth-order valence-electron chi connectivity index (χ4n) is 2.00. The Balaban J connectivity index is 2.07. The fourth-order valence-corrected chi connectivity index (χ4v) is 2.00. The third kappa shape index (κ3) is 2.74. The first-order chi connectivity index (χ1) is 7.25. The number of hydrogen-bond acceptors (Lipinski definition) is 1. The van der Waals surface area contributed by atoms with Gasteiger partial charge in [-0.15, -0.1) is 0 Å². The standard InChI is InChI=1S/C14H20O/c1-11(2)5-6-12-7-8-13-4-3-9-15-14(13)10-12/h7-8,10-11H,3-6,9H2,1-2H3. The molecule has 2 rings (SSSR count). The topological polar surface area (TPSA) is 9.23 Å². The fraction of sp³-hybridized carbons (Fsp3) is 0.571. The molecule has 0 N–H and O–H groups in total. The quantitative estimate of drug-likeness (QED) is 0.731. The van der Waals surface area contributed by atoms with E-state index < -0.39 is 0 Å². The van der Waals surface area contributed by atoms with Gasteiger partial charge in [0.15, 0.2) is 0 Å². The third-order valence-electron chi connectivity index (χ3n) is 2.99. The Labute approximate surface area is 92.5 Å². The molecule has 1 aliphatic rings. The third-order valence-corrected chi connectivity index (χ3v) is 2.99. The SMILES string of the molecule is CC(C)CCc1ccc2c(c1)OCCC2. The lowest BCUT2D eigenvalue weighted by Gasteiger charge is -2.18. The van der Waals surface area contributed by atoms with Gasteiger partial charge in [-0.2, -0.15) is 0 Å². The molecule has 0 atom stereocenters. The van der Waals surface area contributed by atoms with Crippen LogP contribution >= 0.6 is 0 Å². The molecule has 0 spiro atoms. The second kappa shape index (κ2) is 4.69. The average Bonchev–Trinajstić information content (AvgIpc) is 2.26. The van der Waals surface area contributed by atoms with Crippen molar-refractivity contribution in [3.05, 3.63) is 29.3 Å². The molecule has 15 heavy (non-hydrogen) atoms. The van der Waals surface area contributed by atoms with E-state index in [1.807, 2.05) is 0 Å². The minimum atomic E-state index is 0.780. The zero-order valence-electron chi connectivity index (χ0n) is 9.75. The van der Waals surface area contributed by atoms with Gasteiger partial charge in [-0.1, -0.05) is 26.0 Å². The minimum absolute atomic E-state index is 0.780. The Bertz CT molecular complexity index is 328. The van der Waals surface area contributed by atoms with Crippen LogP contribution in [0.25, 0.3) is 0 Å². The molecule has 0 amide bonds. The van der Waals surface area contributed by atoms with Crippen molar-refractivity contribution in [2.24, 2.45) is 5.92 Å². The first-order valence-corrected chi connectivity index (χ1v) is 6.00. The van der Waals surface area contributed by atoms with Crippen LogP contribution in [0.1, 0.15) is 37.8 Å². The largest absolute Gasteiger partial charge is 0.493 e. The van der Waals surface area contributed by atoms with Crippen molar-refractivity contribution >= 4 is 0 Å². The van der Waals surface area contributed by atoms with Gasteiger partial charge in [-0.3, -0.25) is 0 Å². The number of fused-ring (bicyclic) bond motifs is 1. The molecule has 0 aliphatic carbocycles. The summed E-state index contributed by atoms with van der Waals surface area (Å²) in [6.07, 6.45) is 4.78. The van der Waals surface area contributed by atoms with Gasteiger partial charge < -0.3 is 4.74 Å². The van der Waals surface area contributed by atoms with Crippen LogP contribution in [0.3, 0.4) is 0 Å². The van der Waals surface area contributed by atoms with Gasteiger partial charge in [-0.05, 0) is 48.8 Å². The summed E-state index contributed by atoms with van der Waals surface area (Å²) in [5.41, 5.74) is 2.80. The van der Waals surface area contributed by atoms with E-state index in [9.17, 15) is 0 Å². The van der Waals surface area contributed by atoms with Crippen LogP contribution in [0, 0.1) is 5.92 Å². The van der Waals surface area contributed by atoms with Crippen molar-refractivity contribution in [1.29, 1.82) is 0 Å². The molecule has 82 valence electrons. The Morgan fingerprint density at radius 3 is 3.00 bits per heavy atom. The smallest absolute Gasteiger partial charge is 0.122 e. The minimum Gasteiger partial charge on any atom is -0.493 e. The first-order valence-electron chi connectivity index (χ1n) is 6.00. The van der Waals surface area contributed by atoms with Crippen LogP contribution in [0.5, 0.6) is 5.75 Å². The number of ether oxygens (including phenoxy) is 1. The lowest BCUT2D eigenvalue weighted by molar-refractivity contribution is 0.288. The highest BCUT2D eigenvalue weighted by molar-refractivity contribution is 5.38. The van der Waals surface area contributed by atoms with Crippen LogP contribution in [0.4, 0.5) is 0 Å². The lowest BCUT2D eigenvalue weighted by Crippen LogP contribution is -2.08. The van der Waals surface area contributed by atoms with Crippen LogP contribution in [0.2, 0.25) is 0 Å². The van der Waals surface area contributed by atoms with Crippen LogP contribution in [0.15, 0.2) is 18.2 Å². The van der Waals surface area contributed by atoms with Gasteiger partial charge in [0.05, 0.1) is 6.61 Å². The molecule has 0 bridgehead atoms. The van der Waals surface area contributed by atoms with Crippen LogP contribution in [-0.4, -0.2) is 6.61 Å². The van der Waals surface area contributed by atoms with E-state index in [0.29, 0.717) is 0 Å². The summed E-state index contributed by atoms with van der Waals surface area (Å²) in [5.74, 6) is 1.91. The van der Waals surface area contributed by atoms with Crippen molar-refractivity contribution < 1.29 is 4.74 Å². The van der Waals surface area contributed by atoms with Crippen molar-refractivity contribution in [2.45, 2.75) is 39.5 Å². The average molecular weight is 204 g/mol. The highest BCUT2D eigenvalue weighted by Crippen LogP contribution is 2.26. The normalized spacial score (nSPS) is 14.9. The second-order valence-electron chi connectivity index (χ2n) is 4.83.